The fraction of sp³-hybridized carbons (Fsp3) is 0.444. The van der Waals surface area contributed by atoms with Gasteiger partial charge in [-0.25, -0.2) is 4.68 Å². The number of aliphatic hydroxyl groups excluding tert-OH is 1. The van der Waals surface area contributed by atoms with Crippen molar-refractivity contribution in [2.75, 3.05) is 19.7 Å². The van der Waals surface area contributed by atoms with Crippen molar-refractivity contribution in [1.29, 1.82) is 0 Å². The van der Waals surface area contributed by atoms with Crippen LogP contribution in [0.25, 0.3) is 11.3 Å². The molecule has 34 heavy (non-hydrogen) atoms. The molecule has 3 aromatic rings. The van der Waals surface area contributed by atoms with Crippen molar-refractivity contribution in [2.24, 2.45) is 13.0 Å². The van der Waals surface area contributed by atoms with Crippen molar-refractivity contribution in [2.45, 2.75) is 45.4 Å². The van der Waals surface area contributed by atoms with E-state index in [2.05, 4.69) is 17.0 Å². The van der Waals surface area contributed by atoms with E-state index in [0.29, 0.717) is 42.3 Å². The minimum Gasteiger partial charge on any atom is -0.439 e. The molecule has 1 saturated carbocycles. The molecule has 0 spiro atoms. The van der Waals surface area contributed by atoms with Gasteiger partial charge in [-0.2, -0.15) is 5.10 Å². The van der Waals surface area contributed by atoms with Crippen LogP contribution >= 0.6 is 11.6 Å². The van der Waals surface area contributed by atoms with E-state index in [1.807, 2.05) is 63.4 Å². The van der Waals surface area contributed by atoms with Gasteiger partial charge in [0.1, 0.15) is 11.4 Å². The van der Waals surface area contributed by atoms with Gasteiger partial charge in [0.25, 0.3) is 0 Å². The highest BCUT2D eigenvalue weighted by atomic mass is 35.5. The molecule has 1 N–H and O–H groups in total. The summed E-state index contributed by atoms with van der Waals surface area (Å²) in [6.45, 7) is 6.38. The van der Waals surface area contributed by atoms with Crippen molar-refractivity contribution >= 4 is 11.6 Å². The molecule has 6 nitrogen and oxygen atoms in total. The minimum atomic E-state index is -0.557. The second-order valence-electron chi connectivity index (χ2n) is 9.35. The van der Waals surface area contributed by atoms with Crippen molar-refractivity contribution < 1.29 is 14.6 Å². The van der Waals surface area contributed by atoms with E-state index >= 15 is 0 Å². The number of aromatic nitrogens is 2. The number of rotatable bonds is 12. The molecule has 1 heterocycles. The summed E-state index contributed by atoms with van der Waals surface area (Å²) in [5, 5.41) is 16.2. The van der Waals surface area contributed by atoms with Crippen LogP contribution in [0, 0.1) is 5.92 Å². The molecule has 0 amide bonds. The van der Waals surface area contributed by atoms with Gasteiger partial charge in [0.15, 0.2) is 0 Å². The molecule has 1 aromatic heterocycles. The molecule has 2 aromatic carbocycles. The van der Waals surface area contributed by atoms with Gasteiger partial charge in [0, 0.05) is 37.3 Å². The van der Waals surface area contributed by atoms with Gasteiger partial charge < -0.3 is 14.6 Å². The summed E-state index contributed by atoms with van der Waals surface area (Å²) in [6.07, 6.45) is 2.01. The maximum atomic E-state index is 10.7. The Kier molecular flexibility index (Phi) is 8.27. The standard InChI is InChI=1S/C27H34ClN3O3/c1-19(2)33-18-23(32)16-31(15-20-9-10-20)17-25-26(21-7-5-4-6-8-21)29-30(3)27(25)34-24-13-11-22(28)12-14-24/h4-8,11-14,19-20,23,32H,9-10,15-18H2,1-3H3/t23-/m1/s1. The zero-order chi connectivity index (χ0) is 24.1. The molecule has 7 heteroatoms. The quantitative estimate of drug-likeness (QED) is 0.367. The van der Waals surface area contributed by atoms with E-state index in [1.165, 1.54) is 12.8 Å². The Bertz CT molecular complexity index is 1050. The molecule has 1 fully saturated rings. The molecular formula is C27H34ClN3O3. The monoisotopic (exact) mass is 483 g/mol. The number of ether oxygens (including phenoxy) is 2. The average molecular weight is 484 g/mol. The molecule has 1 aliphatic carbocycles. The molecule has 1 atom stereocenters. The molecular weight excluding hydrogens is 450 g/mol. The van der Waals surface area contributed by atoms with Crippen LogP contribution in [0.1, 0.15) is 32.3 Å². The normalized spacial score (nSPS) is 14.7. The number of aryl methyl sites for hydroxylation is 1. The zero-order valence-corrected chi connectivity index (χ0v) is 20.9. The summed E-state index contributed by atoms with van der Waals surface area (Å²) in [5.74, 6) is 2.07. The number of hydrogen-bond acceptors (Lipinski definition) is 5. The first-order valence-corrected chi connectivity index (χ1v) is 12.3. The van der Waals surface area contributed by atoms with E-state index in [9.17, 15) is 5.11 Å². The Hall–Kier alpha value is -2.38. The van der Waals surface area contributed by atoms with Gasteiger partial charge in [-0.15, -0.1) is 0 Å². The molecule has 0 radical (unpaired) electrons. The van der Waals surface area contributed by atoms with Gasteiger partial charge in [-0.05, 0) is 56.9 Å². The fourth-order valence-corrected chi connectivity index (χ4v) is 4.14. The Labute approximate surface area is 207 Å². The molecule has 4 rings (SSSR count). The number of nitrogens with zero attached hydrogens (tertiary/aromatic N) is 3. The lowest BCUT2D eigenvalue weighted by molar-refractivity contribution is -0.0101. The lowest BCUT2D eigenvalue weighted by atomic mass is 10.1. The summed E-state index contributed by atoms with van der Waals surface area (Å²) in [7, 11) is 1.90. The number of halogens is 1. The third-order valence-electron chi connectivity index (χ3n) is 5.85. The van der Waals surface area contributed by atoms with E-state index < -0.39 is 6.10 Å². The summed E-state index contributed by atoms with van der Waals surface area (Å²) in [5.41, 5.74) is 2.93. The summed E-state index contributed by atoms with van der Waals surface area (Å²) in [6, 6.07) is 17.5. The first kappa shape index (κ1) is 24.7. The number of benzene rings is 2. The van der Waals surface area contributed by atoms with Crippen LogP contribution in [0.15, 0.2) is 54.6 Å². The van der Waals surface area contributed by atoms with Crippen molar-refractivity contribution in [3.05, 3.63) is 65.2 Å². The van der Waals surface area contributed by atoms with Crippen LogP contribution in [-0.2, 0) is 18.3 Å². The predicted molar refractivity (Wildman–Crippen MR) is 135 cm³/mol. The third kappa shape index (κ3) is 6.83. The van der Waals surface area contributed by atoms with E-state index in [-0.39, 0.29) is 6.10 Å². The van der Waals surface area contributed by atoms with Crippen molar-refractivity contribution in [3.63, 3.8) is 0 Å². The maximum Gasteiger partial charge on any atom is 0.222 e. The Morgan fingerprint density at radius 3 is 2.47 bits per heavy atom. The molecule has 1 aliphatic rings. The van der Waals surface area contributed by atoms with E-state index in [1.54, 1.807) is 4.68 Å². The van der Waals surface area contributed by atoms with Gasteiger partial charge in [0.2, 0.25) is 5.88 Å². The van der Waals surface area contributed by atoms with Crippen molar-refractivity contribution in [3.8, 4) is 22.9 Å². The highest BCUT2D eigenvalue weighted by molar-refractivity contribution is 6.30. The largest absolute Gasteiger partial charge is 0.439 e. The molecule has 0 unspecified atom stereocenters. The smallest absolute Gasteiger partial charge is 0.222 e. The Balaban J connectivity index is 1.64. The summed E-state index contributed by atoms with van der Waals surface area (Å²) < 4.78 is 13.8. The van der Waals surface area contributed by atoms with Crippen LogP contribution in [0.2, 0.25) is 5.02 Å². The average Bonchev–Trinajstić information content (AvgIpc) is 3.58. The van der Waals surface area contributed by atoms with E-state index in [4.69, 9.17) is 26.2 Å². The summed E-state index contributed by atoms with van der Waals surface area (Å²) in [4.78, 5) is 2.31. The van der Waals surface area contributed by atoms with Crippen LogP contribution in [-0.4, -0.2) is 51.7 Å². The molecule has 182 valence electrons. The topological polar surface area (TPSA) is 59.8 Å². The van der Waals surface area contributed by atoms with Gasteiger partial charge >= 0.3 is 0 Å². The highest BCUT2D eigenvalue weighted by Gasteiger charge is 2.28. The summed E-state index contributed by atoms with van der Waals surface area (Å²) >= 11 is 6.06. The maximum absolute atomic E-state index is 10.7. The van der Waals surface area contributed by atoms with Crippen LogP contribution < -0.4 is 4.74 Å². The lowest BCUT2D eigenvalue weighted by Gasteiger charge is -2.26. The zero-order valence-electron chi connectivity index (χ0n) is 20.2. The first-order valence-electron chi connectivity index (χ1n) is 12.0. The SMILES string of the molecule is CC(C)OC[C@H](O)CN(Cc1c(-c2ccccc2)nn(C)c1Oc1ccc(Cl)cc1)CC1CC1. The van der Waals surface area contributed by atoms with Gasteiger partial charge in [0.05, 0.1) is 24.4 Å². The Morgan fingerprint density at radius 2 is 1.82 bits per heavy atom. The predicted octanol–water partition coefficient (Wildman–Crippen LogP) is 5.53. The van der Waals surface area contributed by atoms with Crippen molar-refractivity contribution in [1.82, 2.24) is 14.7 Å². The van der Waals surface area contributed by atoms with Gasteiger partial charge in [-0.1, -0.05) is 41.9 Å². The minimum absolute atomic E-state index is 0.0916. The second kappa shape index (κ2) is 11.4. The van der Waals surface area contributed by atoms with E-state index in [0.717, 1.165) is 23.4 Å². The second-order valence-corrected chi connectivity index (χ2v) is 9.79. The fourth-order valence-electron chi connectivity index (χ4n) is 4.01. The van der Waals surface area contributed by atoms with Crippen LogP contribution in [0.5, 0.6) is 11.6 Å². The van der Waals surface area contributed by atoms with Crippen LogP contribution in [0.4, 0.5) is 0 Å². The van der Waals surface area contributed by atoms with Gasteiger partial charge in [-0.3, -0.25) is 4.90 Å². The molecule has 0 aliphatic heterocycles. The first-order chi connectivity index (χ1) is 16.4. The van der Waals surface area contributed by atoms with Crippen LogP contribution in [0.3, 0.4) is 0 Å². The third-order valence-corrected chi connectivity index (χ3v) is 6.10. The highest BCUT2D eigenvalue weighted by Crippen LogP contribution is 2.36. The molecule has 0 bridgehead atoms. The Morgan fingerprint density at radius 1 is 1.12 bits per heavy atom. The number of aliphatic hydroxyl groups is 1. The lowest BCUT2D eigenvalue weighted by Crippen LogP contribution is -2.36. The number of hydrogen-bond donors (Lipinski definition) is 1. The molecule has 0 saturated heterocycles.